The molecule has 0 bridgehead atoms. The monoisotopic (exact) mass is 410 g/mol. The summed E-state index contributed by atoms with van der Waals surface area (Å²) < 4.78 is 1.67. The molecule has 2 heterocycles. The summed E-state index contributed by atoms with van der Waals surface area (Å²) in [5.74, 6) is -0.0316. The van der Waals surface area contributed by atoms with Gasteiger partial charge >= 0.3 is 0 Å². The van der Waals surface area contributed by atoms with Gasteiger partial charge < -0.3 is 10.2 Å². The van der Waals surface area contributed by atoms with Crippen molar-refractivity contribution in [2.75, 3.05) is 19.6 Å². The standard InChI is InChI=1S/C25H36N4O.H2/c1-24(2,3)11-14-29-15-12-25(13-16-29)10-9-22(20-7-5-6-8-21(20)25)27-23(30)19-17-26-28(4)18-19;/h5-8,17-18,22H,9-16H2,1-4H3,(H,27,30);1H/t22-;/m0./s1. The van der Waals surface area contributed by atoms with Crippen molar-refractivity contribution in [1.82, 2.24) is 20.0 Å². The van der Waals surface area contributed by atoms with Gasteiger partial charge in [-0.1, -0.05) is 45.0 Å². The third-order valence-electron chi connectivity index (χ3n) is 7.08. The molecule has 30 heavy (non-hydrogen) atoms. The zero-order valence-corrected chi connectivity index (χ0v) is 18.9. The first kappa shape index (κ1) is 21.1. The van der Waals surface area contributed by atoms with Crippen molar-refractivity contribution in [1.29, 1.82) is 0 Å². The van der Waals surface area contributed by atoms with E-state index in [0.29, 0.717) is 11.0 Å². The maximum absolute atomic E-state index is 12.7. The van der Waals surface area contributed by atoms with Gasteiger partial charge in [0.15, 0.2) is 0 Å². The summed E-state index contributed by atoms with van der Waals surface area (Å²) in [6, 6.07) is 8.88. The SMILES string of the molecule is Cn1cc(C(=O)N[C@H]2CCC3(CCN(CCC(C)(C)C)CC3)c3ccccc32)cn1.[HH]. The predicted octanol–water partition coefficient (Wildman–Crippen LogP) is 4.70. The minimum absolute atomic E-state index is 0. The molecule has 1 aromatic carbocycles. The number of nitrogens with zero attached hydrogens (tertiary/aromatic N) is 3. The maximum atomic E-state index is 12.7. The van der Waals surface area contributed by atoms with Gasteiger partial charge in [0, 0.05) is 14.7 Å². The van der Waals surface area contributed by atoms with Crippen molar-refractivity contribution in [2.45, 2.75) is 64.3 Å². The summed E-state index contributed by atoms with van der Waals surface area (Å²) in [6.45, 7) is 10.5. The highest BCUT2D eigenvalue weighted by atomic mass is 16.1. The minimum Gasteiger partial charge on any atom is -0.345 e. The van der Waals surface area contributed by atoms with E-state index >= 15 is 0 Å². The molecule has 1 fully saturated rings. The summed E-state index contributed by atoms with van der Waals surface area (Å²) in [6.07, 6.45) is 9.26. The highest BCUT2D eigenvalue weighted by Gasteiger charge is 2.42. The second-order valence-electron chi connectivity index (χ2n) is 10.5. The first-order valence-electron chi connectivity index (χ1n) is 11.4. The number of amides is 1. The lowest BCUT2D eigenvalue weighted by atomic mass is 9.63. The third-order valence-corrected chi connectivity index (χ3v) is 7.08. The van der Waals surface area contributed by atoms with E-state index in [1.807, 2.05) is 7.05 Å². The lowest BCUT2D eigenvalue weighted by Gasteiger charge is -2.47. The zero-order chi connectivity index (χ0) is 21.4. The van der Waals surface area contributed by atoms with Crippen molar-refractivity contribution < 1.29 is 6.22 Å². The quantitative estimate of drug-likeness (QED) is 0.795. The number of fused-ring (bicyclic) bond motifs is 2. The van der Waals surface area contributed by atoms with Crippen LogP contribution < -0.4 is 5.32 Å². The largest absolute Gasteiger partial charge is 0.345 e. The first-order chi connectivity index (χ1) is 14.3. The highest BCUT2D eigenvalue weighted by Crippen LogP contribution is 2.48. The number of hydrogen-bond acceptors (Lipinski definition) is 3. The third kappa shape index (κ3) is 4.46. The number of nitrogens with one attached hydrogen (secondary N) is 1. The van der Waals surface area contributed by atoms with E-state index < -0.39 is 0 Å². The molecule has 5 heteroatoms. The molecule has 1 amide bonds. The number of aromatic nitrogens is 2. The smallest absolute Gasteiger partial charge is 0.254 e. The minimum atomic E-state index is -0.0316. The molecule has 1 aliphatic carbocycles. The number of rotatable bonds is 4. The van der Waals surface area contributed by atoms with Gasteiger partial charge in [-0.3, -0.25) is 9.48 Å². The lowest BCUT2D eigenvalue weighted by molar-refractivity contribution is 0.0914. The van der Waals surface area contributed by atoms with Crippen molar-refractivity contribution in [3.05, 3.63) is 53.3 Å². The molecule has 2 aliphatic rings. The van der Waals surface area contributed by atoms with Gasteiger partial charge in [0.05, 0.1) is 17.8 Å². The molecule has 1 aliphatic heterocycles. The Kier molecular flexibility index (Phi) is 5.75. The van der Waals surface area contributed by atoms with Gasteiger partial charge in [0.1, 0.15) is 0 Å². The van der Waals surface area contributed by atoms with Crippen LogP contribution in [0, 0.1) is 5.41 Å². The van der Waals surface area contributed by atoms with E-state index in [1.54, 1.807) is 17.1 Å². The molecule has 1 aromatic heterocycles. The number of likely N-dealkylation sites (tertiary alicyclic amines) is 1. The van der Waals surface area contributed by atoms with Crippen LogP contribution in [0.5, 0.6) is 0 Å². The Labute approximate surface area is 182 Å². The number of aryl methyl sites for hydroxylation is 1. The van der Waals surface area contributed by atoms with Gasteiger partial charge in [0.25, 0.3) is 5.91 Å². The molecule has 164 valence electrons. The highest BCUT2D eigenvalue weighted by molar-refractivity contribution is 5.94. The lowest BCUT2D eigenvalue weighted by Crippen LogP contribution is -2.46. The van der Waals surface area contributed by atoms with Gasteiger partial charge in [-0.25, -0.2) is 0 Å². The molecule has 0 saturated carbocycles. The average molecular weight is 411 g/mol. The van der Waals surface area contributed by atoms with Gasteiger partial charge in [-0.2, -0.15) is 5.10 Å². The Morgan fingerprint density at radius 3 is 2.63 bits per heavy atom. The van der Waals surface area contributed by atoms with Crippen LogP contribution >= 0.6 is 0 Å². The molecule has 1 atom stereocenters. The van der Waals surface area contributed by atoms with E-state index in [4.69, 9.17) is 0 Å². The van der Waals surface area contributed by atoms with Crippen LogP contribution in [0.15, 0.2) is 36.7 Å². The fourth-order valence-electron chi connectivity index (χ4n) is 5.14. The molecule has 2 aromatic rings. The van der Waals surface area contributed by atoms with Gasteiger partial charge in [-0.15, -0.1) is 0 Å². The molecule has 1 N–H and O–H groups in total. The van der Waals surface area contributed by atoms with Crippen LogP contribution in [0.2, 0.25) is 0 Å². The number of carbonyl (C=O) groups excluding carboxylic acids is 1. The molecular formula is C25H38N4O. The Bertz CT molecular complexity index is 893. The topological polar surface area (TPSA) is 50.2 Å². The van der Waals surface area contributed by atoms with Gasteiger partial charge in [0.2, 0.25) is 0 Å². The number of carbonyl (C=O) groups is 1. The second kappa shape index (κ2) is 8.18. The maximum Gasteiger partial charge on any atom is 0.254 e. The number of piperidine rings is 1. The van der Waals surface area contributed by atoms with Gasteiger partial charge in [-0.05, 0) is 73.7 Å². The molecule has 1 saturated heterocycles. The summed E-state index contributed by atoms with van der Waals surface area (Å²) in [5.41, 5.74) is 4.06. The normalized spacial score (nSPS) is 21.4. The average Bonchev–Trinajstić information content (AvgIpc) is 3.16. The van der Waals surface area contributed by atoms with Crippen molar-refractivity contribution in [3.63, 3.8) is 0 Å². The fourth-order valence-corrected chi connectivity index (χ4v) is 5.14. The number of hydrogen-bond donors (Lipinski definition) is 1. The van der Waals surface area contributed by atoms with Crippen LogP contribution in [0.1, 0.15) is 81.8 Å². The Morgan fingerprint density at radius 1 is 1.23 bits per heavy atom. The van der Waals surface area contributed by atoms with Crippen molar-refractivity contribution in [2.24, 2.45) is 12.5 Å². The van der Waals surface area contributed by atoms with E-state index in [-0.39, 0.29) is 18.8 Å². The second-order valence-corrected chi connectivity index (χ2v) is 10.5. The van der Waals surface area contributed by atoms with Crippen LogP contribution in [-0.2, 0) is 12.5 Å². The van der Waals surface area contributed by atoms with E-state index in [2.05, 4.69) is 60.4 Å². The van der Waals surface area contributed by atoms with Crippen molar-refractivity contribution >= 4 is 5.91 Å². The summed E-state index contributed by atoms with van der Waals surface area (Å²) in [7, 11) is 1.84. The van der Waals surface area contributed by atoms with E-state index in [0.717, 1.165) is 12.8 Å². The summed E-state index contributed by atoms with van der Waals surface area (Å²) >= 11 is 0. The molecule has 4 rings (SSSR count). The van der Waals surface area contributed by atoms with E-state index in [9.17, 15) is 4.79 Å². The Balaban J connectivity index is 0.00000272. The molecule has 5 nitrogen and oxygen atoms in total. The van der Waals surface area contributed by atoms with Crippen molar-refractivity contribution in [3.8, 4) is 0 Å². The molecular weight excluding hydrogens is 372 g/mol. The summed E-state index contributed by atoms with van der Waals surface area (Å²) in [4.78, 5) is 15.4. The van der Waals surface area contributed by atoms with E-state index in [1.165, 1.54) is 50.0 Å². The Morgan fingerprint density at radius 2 is 1.97 bits per heavy atom. The predicted molar refractivity (Wildman–Crippen MR) is 123 cm³/mol. The number of benzene rings is 1. The van der Waals surface area contributed by atoms with Crippen LogP contribution in [0.25, 0.3) is 0 Å². The molecule has 1 spiro atoms. The first-order valence-corrected chi connectivity index (χ1v) is 11.4. The summed E-state index contributed by atoms with van der Waals surface area (Å²) in [5, 5.41) is 7.40. The fraction of sp³-hybridized carbons (Fsp3) is 0.600. The van der Waals surface area contributed by atoms with Crippen LogP contribution in [0.3, 0.4) is 0 Å². The zero-order valence-electron chi connectivity index (χ0n) is 18.9. The molecule has 0 radical (unpaired) electrons. The van der Waals surface area contributed by atoms with Crippen LogP contribution in [0.4, 0.5) is 0 Å². The molecule has 0 unspecified atom stereocenters. The van der Waals surface area contributed by atoms with Crippen LogP contribution in [-0.4, -0.2) is 40.2 Å². The Hall–Kier alpha value is -2.14.